The summed E-state index contributed by atoms with van der Waals surface area (Å²) in [5, 5.41) is 0. The molecule has 2 saturated heterocycles. The van der Waals surface area contributed by atoms with Crippen LogP contribution in [0.1, 0.15) is 24.5 Å². The van der Waals surface area contributed by atoms with Crippen molar-refractivity contribution in [3.63, 3.8) is 0 Å². The Morgan fingerprint density at radius 3 is 2.25 bits per heavy atom. The van der Waals surface area contributed by atoms with Crippen LogP contribution in [0.15, 0.2) is 18.2 Å². The predicted molar refractivity (Wildman–Crippen MR) is 104 cm³/mol. The molecule has 0 aliphatic carbocycles. The molecule has 1 aromatic carbocycles. The fourth-order valence-corrected chi connectivity index (χ4v) is 3.62. The van der Waals surface area contributed by atoms with E-state index in [-0.39, 0.29) is 19.0 Å². The first-order chi connectivity index (χ1) is 13.3. The van der Waals surface area contributed by atoms with Crippen LogP contribution in [-0.2, 0) is 14.4 Å². The molecule has 8 heteroatoms. The van der Waals surface area contributed by atoms with Crippen molar-refractivity contribution in [1.82, 2.24) is 14.7 Å². The van der Waals surface area contributed by atoms with Crippen molar-refractivity contribution in [3.05, 3.63) is 29.3 Å². The van der Waals surface area contributed by atoms with Crippen LogP contribution < -0.4 is 4.90 Å². The average molecular weight is 386 g/mol. The number of benzene rings is 1. The molecule has 0 atom stereocenters. The SMILES string of the molecule is CCCN1C(=O)C(=O)N(CC(=O)N2CCN(c3cccc(C)c3C)CC2)C1=O. The Balaban J connectivity index is 1.60. The van der Waals surface area contributed by atoms with E-state index in [0.717, 1.165) is 15.5 Å². The molecule has 28 heavy (non-hydrogen) atoms. The lowest BCUT2D eigenvalue weighted by Crippen LogP contribution is -2.52. The Labute approximate surface area is 164 Å². The second kappa shape index (κ2) is 8.00. The van der Waals surface area contributed by atoms with E-state index in [1.165, 1.54) is 11.1 Å². The van der Waals surface area contributed by atoms with Crippen LogP contribution in [0, 0.1) is 13.8 Å². The van der Waals surface area contributed by atoms with E-state index in [4.69, 9.17) is 0 Å². The number of nitrogens with zero attached hydrogens (tertiary/aromatic N) is 4. The fourth-order valence-electron chi connectivity index (χ4n) is 3.62. The highest BCUT2D eigenvalue weighted by Gasteiger charge is 2.45. The second-order valence-corrected chi connectivity index (χ2v) is 7.22. The van der Waals surface area contributed by atoms with Gasteiger partial charge >= 0.3 is 17.8 Å². The fraction of sp³-hybridized carbons (Fsp3) is 0.500. The van der Waals surface area contributed by atoms with Crippen LogP contribution in [0.3, 0.4) is 0 Å². The molecule has 0 N–H and O–H groups in total. The van der Waals surface area contributed by atoms with Crippen LogP contribution in [0.5, 0.6) is 0 Å². The number of carbonyl (C=O) groups is 4. The van der Waals surface area contributed by atoms with Crippen molar-refractivity contribution in [2.45, 2.75) is 27.2 Å². The Morgan fingerprint density at radius 1 is 0.964 bits per heavy atom. The summed E-state index contributed by atoms with van der Waals surface area (Å²) in [6.07, 6.45) is 0.562. The van der Waals surface area contributed by atoms with Gasteiger partial charge in [0.15, 0.2) is 0 Å². The van der Waals surface area contributed by atoms with E-state index in [2.05, 4.69) is 30.9 Å². The molecule has 2 aliphatic heterocycles. The van der Waals surface area contributed by atoms with Crippen molar-refractivity contribution in [1.29, 1.82) is 0 Å². The highest BCUT2D eigenvalue weighted by Crippen LogP contribution is 2.24. The van der Waals surface area contributed by atoms with Crippen LogP contribution >= 0.6 is 0 Å². The number of imide groups is 2. The highest BCUT2D eigenvalue weighted by molar-refractivity contribution is 6.45. The third kappa shape index (κ3) is 3.58. The first-order valence-corrected chi connectivity index (χ1v) is 9.61. The normalized spacial score (nSPS) is 17.8. The molecular formula is C20H26N4O4. The van der Waals surface area contributed by atoms with E-state index in [9.17, 15) is 19.2 Å². The molecular weight excluding hydrogens is 360 g/mol. The molecule has 5 amide bonds. The summed E-state index contributed by atoms with van der Waals surface area (Å²) < 4.78 is 0. The third-order valence-corrected chi connectivity index (χ3v) is 5.42. The van der Waals surface area contributed by atoms with Crippen molar-refractivity contribution in [2.75, 3.05) is 44.2 Å². The van der Waals surface area contributed by atoms with Gasteiger partial charge in [-0.1, -0.05) is 19.1 Å². The number of aryl methyl sites for hydroxylation is 1. The van der Waals surface area contributed by atoms with Crippen LogP contribution in [0.4, 0.5) is 10.5 Å². The molecule has 2 fully saturated rings. The zero-order valence-electron chi connectivity index (χ0n) is 16.6. The summed E-state index contributed by atoms with van der Waals surface area (Å²) in [5.41, 5.74) is 3.62. The lowest BCUT2D eigenvalue weighted by atomic mass is 10.1. The third-order valence-electron chi connectivity index (χ3n) is 5.42. The van der Waals surface area contributed by atoms with Gasteiger partial charge in [-0.15, -0.1) is 0 Å². The summed E-state index contributed by atoms with van der Waals surface area (Å²) in [7, 11) is 0. The highest BCUT2D eigenvalue weighted by atomic mass is 16.2. The molecule has 1 aromatic rings. The number of carbonyl (C=O) groups excluding carboxylic acids is 4. The first kappa shape index (κ1) is 19.9. The number of hydrogen-bond acceptors (Lipinski definition) is 5. The lowest BCUT2D eigenvalue weighted by Gasteiger charge is -2.37. The second-order valence-electron chi connectivity index (χ2n) is 7.22. The quantitative estimate of drug-likeness (QED) is 0.560. The summed E-state index contributed by atoms with van der Waals surface area (Å²) in [5.74, 6) is -2.08. The molecule has 0 bridgehead atoms. The molecule has 3 rings (SSSR count). The smallest absolute Gasteiger partial charge is 0.334 e. The molecule has 2 heterocycles. The number of hydrogen-bond donors (Lipinski definition) is 0. The molecule has 0 aromatic heterocycles. The Kier molecular flexibility index (Phi) is 5.67. The van der Waals surface area contributed by atoms with Gasteiger partial charge in [0.2, 0.25) is 5.91 Å². The molecule has 0 saturated carbocycles. The maximum atomic E-state index is 12.6. The summed E-state index contributed by atoms with van der Waals surface area (Å²) in [6, 6.07) is 5.49. The number of piperazine rings is 1. The van der Waals surface area contributed by atoms with Gasteiger partial charge in [0, 0.05) is 38.4 Å². The molecule has 8 nitrogen and oxygen atoms in total. The molecule has 0 radical (unpaired) electrons. The maximum absolute atomic E-state index is 12.6. The zero-order chi connectivity index (χ0) is 20.4. The number of anilines is 1. The van der Waals surface area contributed by atoms with Gasteiger partial charge < -0.3 is 9.80 Å². The number of urea groups is 1. The van der Waals surface area contributed by atoms with Gasteiger partial charge in [0.25, 0.3) is 0 Å². The Bertz CT molecular complexity index is 814. The van der Waals surface area contributed by atoms with Crippen molar-refractivity contribution in [2.24, 2.45) is 0 Å². The maximum Gasteiger partial charge on any atom is 0.334 e. The average Bonchev–Trinajstić information content (AvgIpc) is 2.88. The van der Waals surface area contributed by atoms with Gasteiger partial charge in [-0.3, -0.25) is 19.3 Å². The van der Waals surface area contributed by atoms with Crippen molar-refractivity contribution >= 4 is 29.4 Å². The minimum absolute atomic E-state index is 0.183. The van der Waals surface area contributed by atoms with Gasteiger partial charge in [0.1, 0.15) is 6.54 Å². The van der Waals surface area contributed by atoms with Crippen molar-refractivity contribution in [3.8, 4) is 0 Å². The molecule has 0 spiro atoms. The van der Waals surface area contributed by atoms with E-state index >= 15 is 0 Å². The molecule has 0 unspecified atom stereocenters. The number of amides is 5. The zero-order valence-corrected chi connectivity index (χ0v) is 16.6. The van der Waals surface area contributed by atoms with E-state index in [0.29, 0.717) is 32.6 Å². The van der Waals surface area contributed by atoms with E-state index in [1.54, 1.807) is 4.90 Å². The van der Waals surface area contributed by atoms with Crippen LogP contribution in [0.2, 0.25) is 0 Å². The number of rotatable bonds is 5. The summed E-state index contributed by atoms with van der Waals surface area (Å²) in [6.45, 7) is 8.16. The largest absolute Gasteiger partial charge is 0.368 e. The summed E-state index contributed by atoms with van der Waals surface area (Å²) in [4.78, 5) is 54.4. The molecule has 150 valence electrons. The standard InChI is InChI=1S/C20H26N4O4/c1-4-8-23-18(26)19(27)24(20(23)28)13-17(25)22-11-9-21(10-12-22)16-7-5-6-14(2)15(16)3/h5-7H,4,8-13H2,1-3H3. The minimum Gasteiger partial charge on any atom is -0.368 e. The van der Waals surface area contributed by atoms with Crippen LogP contribution in [-0.4, -0.2) is 77.7 Å². The topological polar surface area (TPSA) is 81.2 Å². The Morgan fingerprint density at radius 2 is 1.61 bits per heavy atom. The van der Waals surface area contributed by atoms with E-state index in [1.807, 2.05) is 13.0 Å². The van der Waals surface area contributed by atoms with Crippen molar-refractivity contribution < 1.29 is 19.2 Å². The molecule has 2 aliphatic rings. The van der Waals surface area contributed by atoms with E-state index < -0.39 is 17.8 Å². The van der Waals surface area contributed by atoms with Gasteiger partial charge in [-0.2, -0.15) is 0 Å². The first-order valence-electron chi connectivity index (χ1n) is 9.61. The monoisotopic (exact) mass is 386 g/mol. The predicted octanol–water partition coefficient (Wildman–Crippen LogP) is 1.15. The Hall–Kier alpha value is -2.90. The van der Waals surface area contributed by atoms with Gasteiger partial charge in [-0.25, -0.2) is 9.69 Å². The minimum atomic E-state index is -0.916. The van der Waals surface area contributed by atoms with Gasteiger partial charge in [-0.05, 0) is 37.5 Å². The lowest BCUT2D eigenvalue weighted by molar-refractivity contribution is -0.145. The summed E-state index contributed by atoms with van der Waals surface area (Å²) >= 11 is 0. The van der Waals surface area contributed by atoms with Crippen LogP contribution in [0.25, 0.3) is 0 Å². The van der Waals surface area contributed by atoms with Gasteiger partial charge in [0.05, 0.1) is 0 Å².